The molecule has 0 aromatic heterocycles. The van der Waals surface area contributed by atoms with Crippen molar-refractivity contribution < 1.29 is 4.79 Å². The van der Waals surface area contributed by atoms with Gasteiger partial charge in [0, 0.05) is 19.0 Å². The van der Waals surface area contributed by atoms with Crippen LogP contribution in [0.5, 0.6) is 0 Å². The third kappa shape index (κ3) is 1.77. The van der Waals surface area contributed by atoms with Gasteiger partial charge < -0.3 is 4.90 Å². The molecule has 0 aromatic carbocycles. The minimum Gasteiger partial charge on any atom is -0.338 e. The fourth-order valence-corrected chi connectivity index (χ4v) is 2.04. The molecule has 1 amide bonds. The molecule has 1 heterocycles. The molecule has 1 saturated carbocycles. The van der Waals surface area contributed by atoms with E-state index in [1.54, 1.807) is 0 Å². The first kappa shape index (κ1) is 8.79. The van der Waals surface area contributed by atoms with Gasteiger partial charge in [-0.15, -0.1) is 0 Å². The fourth-order valence-electron chi connectivity index (χ4n) is 2.04. The minimum atomic E-state index is 0.339. The van der Waals surface area contributed by atoms with Crippen molar-refractivity contribution in [2.45, 2.75) is 26.2 Å². The Morgan fingerprint density at radius 1 is 1.62 bits per heavy atom. The number of rotatable bonds is 1. The number of amides is 1. The van der Waals surface area contributed by atoms with Gasteiger partial charge in [0.25, 0.3) is 0 Å². The number of piperidine rings is 1. The average Bonchev–Trinajstić information content (AvgIpc) is 2.81. The highest BCUT2D eigenvalue weighted by atomic mass is 16.2. The predicted molar refractivity (Wildman–Crippen MR) is 52.2 cm³/mol. The Morgan fingerprint density at radius 2 is 2.31 bits per heavy atom. The molecule has 0 N–H and O–H groups in total. The summed E-state index contributed by atoms with van der Waals surface area (Å²) in [6.07, 6.45) is 3.30. The lowest BCUT2D eigenvalue weighted by molar-refractivity contribution is -0.133. The van der Waals surface area contributed by atoms with Crippen LogP contribution in [0.15, 0.2) is 12.2 Å². The molecule has 0 spiro atoms. The van der Waals surface area contributed by atoms with Gasteiger partial charge in [0.15, 0.2) is 0 Å². The Bertz CT molecular complexity index is 246. The summed E-state index contributed by atoms with van der Waals surface area (Å²) in [5, 5.41) is 0. The molecule has 2 nitrogen and oxygen atoms in total. The first-order valence-corrected chi connectivity index (χ1v) is 5.14. The predicted octanol–water partition coefficient (Wildman–Crippen LogP) is 1.82. The van der Waals surface area contributed by atoms with Crippen LogP contribution in [0.1, 0.15) is 26.2 Å². The summed E-state index contributed by atoms with van der Waals surface area (Å²) in [6.45, 7) is 7.86. The number of carbonyl (C=O) groups is 1. The molecule has 72 valence electrons. The van der Waals surface area contributed by atoms with E-state index in [0.29, 0.717) is 17.7 Å². The SMILES string of the molecule is C=C1CCCN(C(=O)[C@@H]2C[C@H]2C)C1. The van der Waals surface area contributed by atoms with E-state index >= 15 is 0 Å². The van der Waals surface area contributed by atoms with E-state index in [4.69, 9.17) is 0 Å². The molecule has 2 fully saturated rings. The van der Waals surface area contributed by atoms with Crippen molar-refractivity contribution >= 4 is 5.91 Å². The van der Waals surface area contributed by atoms with Crippen molar-refractivity contribution in [3.8, 4) is 0 Å². The zero-order valence-electron chi connectivity index (χ0n) is 8.25. The molecular weight excluding hydrogens is 162 g/mol. The van der Waals surface area contributed by atoms with E-state index in [-0.39, 0.29) is 0 Å². The van der Waals surface area contributed by atoms with Gasteiger partial charge in [0.1, 0.15) is 0 Å². The van der Waals surface area contributed by atoms with Gasteiger partial charge in [-0.1, -0.05) is 19.1 Å². The van der Waals surface area contributed by atoms with Crippen molar-refractivity contribution in [1.29, 1.82) is 0 Å². The van der Waals surface area contributed by atoms with Crippen LogP contribution in [-0.4, -0.2) is 23.9 Å². The lowest BCUT2D eigenvalue weighted by Crippen LogP contribution is -2.37. The summed E-state index contributed by atoms with van der Waals surface area (Å²) >= 11 is 0. The second-order valence-electron chi connectivity index (χ2n) is 4.43. The van der Waals surface area contributed by atoms with Crippen molar-refractivity contribution in [2.24, 2.45) is 11.8 Å². The van der Waals surface area contributed by atoms with Gasteiger partial charge in [-0.2, -0.15) is 0 Å². The molecule has 1 saturated heterocycles. The van der Waals surface area contributed by atoms with Crippen molar-refractivity contribution in [3.63, 3.8) is 0 Å². The van der Waals surface area contributed by atoms with E-state index in [1.165, 1.54) is 5.57 Å². The molecule has 0 unspecified atom stereocenters. The molecule has 0 bridgehead atoms. The summed E-state index contributed by atoms with van der Waals surface area (Å²) in [5.41, 5.74) is 1.22. The topological polar surface area (TPSA) is 20.3 Å². The highest BCUT2D eigenvalue weighted by Crippen LogP contribution is 2.39. The Labute approximate surface area is 79.6 Å². The van der Waals surface area contributed by atoms with Gasteiger partial charge in [0.2, 0.25) is 5.91 Å². The molecule has 2 heteroatoms. The zero-order valence-corrected chi connectivity index (χ0v) is 8.25. The quantitative estimate of drug-likeness (QED) is 0.562. The first-order chi connectivity index (χ1) is 6.18. The molecule has 0 radical (unpaired) electrons. The highest BCUT2D eigenvalue weighted by Gasteiger charge is 2.41. The number of hydrogen-bond donors (Lipinski definition) is 0. The second-order valence-corrected chi connectivity index (χ2v) is 4.43. The molecule has 0 aromatic rings. The lowest BCUT2D eigenvalue weighted by Gasteiger charge is -2.28. The molecule has 2 atom stereocenters. The second kappa shape index (κ2) is 3.17. The van der Waals surface area contributed by atoms with Crippen LogP contribution in [0.4, 0.5) is 0 Å². The van der Waals surface area contributed by atoms with Crippen molar-refractivity contribution in [1.82, 2.24) is 4.90 Å². The van der Waals surface area contributed by atoms with Gasteiger partial charge in [-0.05, 0) is 25.2 Å². The summed E-state index contributed by atoms with van der Waals surface area (Å²) in [5.74, 6) is 1.34. The van der Waals surface area contributed by atoms with Crippen LogP contribution >= 0.6 is 0 Å². The smallest absolute Gasteiger partial charge is 0.226 e. The third-order valence-electron chi connectivity index (χ3n) is 3.11. The summed E-state index contributed by atoms with van der Waals surface area (Å²) in [7, 11) is 0. The van der Waals surface area contributed by atoms with E-state index in [1.807, 2.05) is 4.90 Å². The molecule has 1 aliphatic carbocycles. The van der Waals surface area contributed by atoms with Gasteiger partial charge in [-0.3, -0.25) is 4.79 Å². The minimum absolute atomic E-state index is 0.339. The summed E-state index contributed by atoms with van der Waals surface area (Å²) in [6, 6.07) is 0. The Hall–Kier alpha value is -0.790. The van der Waals surface area contributed by atoms with Crippen LogP contribution < -0.4 is 0 Å². The normalized spacial score (nSPS) is 33.3. The standard InChI is InChI=1S/C11H17NO/c1-8-4-3-5-12(7-8)11(13)10-6-9(10)2/h9-10H,1,3-7H2,2H3/t9-,10-/m1/s1. The number of carbonyl (C=O) groups excluding carboxylic acids is 1. The van der Waals surface area contributed by atoms with E-state index < -0.39 is 0 Å². The Balaban J connectivity index is 1.92. The van der Waals surface area contributed by atoms with Crippen molar-refractivity contribution in [2.75, 3.05) is 13.1 Å². The molecule has 2 aliphatic rings. The van der Waals surface area contributed by atoms with E-state index in [0.717, 1.165) is 32.4 Å². The molecule has 2 rings (SSSR count). The maximum absolute atomic E-state index is 11.8. The van der Waals surface area contributed by atoms with Crippen LogP contribution in [0.25, 0.3) is 0 Å². The van der Waals surface area contributed by atoms with E-state index in [9.17, 15) is 4.79 Å². The molecule has 1 aliphatic heterocycles. The van der Waals surface area contributed by atoms with Crippen LogP contribution in [-0.2, 0) is 4.79 Å². The summed E-state index contributed by atoms with van der Waals surface area (Å²) < 4.78 is 0. The molecule has 13 heavy (non-hydrogen) atoms. The zero-order chi connectivity index (χ0) is 9.42. The maximum atomic E-state index is 11.8. The maximum Gasteiger partial charge on any atom is 0.226 e. The number of nitrogens with zero attached hydrogens (tertiary/aromatic N) is 1. The lowest BCUT2D eigenvalue weighted by atomic mass is 10.1. The van der Waals surface area contributed by atoms with Gasteiger partial charge in [0.05, 0.1) is 0 Å². The largest absolute Gasteiger partial charge is 0.338 e. The number of likely N-dealkylation sites (tertiary alicyclic amines) is 1. The monoisotopic (exact) mass is 179 g/mol. The van der Waals surface area contributed by atoms with Crippen LogP contribution in [0.2, 0.25) is 0 Å². The third-order valence-corrected chi connectivity index (χ3v) is 3.11. The molecular formula is C11H17NO. The van der Waals surface area contributed by atoms with Crippen LogP contribution in [0, 0.1) is 11.8 Å². The van der Waals surface area contributed by atoms with Gasteiger partial charge >= 0.3 is 0 Å². The highest BCUT2D eigenvalue weighted by molar-refractivity contribution is 5.82. The van der Waals surface area contributed by atoms with Crippen LogP contribution in [0.3, 0.4) is 0 Å². The van der Waals surface area contributed by atoms with Crippen molar-refractivity contribution in [3.05, 3.63) is 12.2 Å². The summed E-state index contributed by atoms with van der Waals surface area (Å²) in [4.78, 5) is 13.8. The fraction of sp³-hybridized carbons (Fsp3) is 0.727. The van der Waals surface area contributed by atoms with E-state index in [2.05, 4.69) is 13.5 Å². The van der Waals surface area contributed by atoms with Gasteiger partial charge in [-0.25, -0.2) is 0 Å². The Kier molecular flexibility index (Phi) is 2.14. The average molecular weight is 179 g/mol. The number of hydrogen-bond acceptors (Lipinski definition) is 1. The first-order valence-electron chi connectivity index (χ1n) is 5.14. The Morgan fingerprint density at radius 3 is 2.85 bits per heavy atom.